The van der Waals surface area contributed by atoms with E-state index in [1.807, 2.05) is 31.2 Å². The molecule has 0 aliphatic heterocycles. The molecule has 0 unspecified atom stereocenters. The third-order valence-electron chi connectivity index (χ3n) is 2.74. The van der Waals surface area contributed by atoms with Crippen molar-refractivity contribution in [2.24, 2.45) is 11.0 Å². The summed E-state index contributed by atoms with van der Waals surface area (Å²) in [4.78, 5) is 0. The van der Waals surface area contributed by atoms with E-state index in [9.17, 15) is 0 Å². The molecule has 1 aromatic heterocycles. The van der Waals surface area contributed by atoms with Crippen LogP contribution in [0.2, 0.25) is 0 Å². The number of rotatable bonds is 3. The van der Waals surface area contributed by atoms with Crippen LogP contribution in [0.3, 0.4) is 0 Å². The van der Waals surface area contributed by atoms with Gasteiger partial charge in [-0.2, -0.15) is 10.2 Å². The van der Waals surface area contributed by atoms with Crippen molar-refractivity contribution in [3.05, 3.63) is 30.5 Å². The van der Waals surface area contributed by atoms with Crippen LogP contribution in [0.5, 0.6) is 0 Å². The van der Waals surface area contributed by atoms with E-state index in [2.05, 4.69) is 34.6 Å². The summed E-state index contributed by atoms with van der Waals surface area (Å²) in [5.74, 6) is 1.12. The molecule has 4 nitrogen and oxygen atoms in total. The van der Waals surface area contributed by atoms with E-state index in [1.54, 1.807) is 6.20 Å². The number of fused-ring (bicyclic) bond motifs is 1. The second kappa shape index (κ2) is 4.91. The van der Waals surface area contributed by atoms with Gasteiger partial charge in [0.2, 0.25) is 0 Å². The molecule has 4 heteroatoms. The first-order valence-corrected chi connectivity index (χ1v) is 5.69. The molecule has 0 aliphatic carbocycles. The third kappa shape index (κ3) is 2.58. The van der Waals surface area contributed by atoms with Gasteiger partial charge in [-0.3, -0.25) is 5.43 Å². The highest BCUT2D eigenvalue weighted by Gasteiger charge is 2.02. The van der Waals surface area contributed by atoms with Gasteiger partial charge in [-0.05, 0) is 12.8 Å². The fourth-order valence-corrected chi connectivity index (χ4v) is 1.38. The lowest BCUT2D eigenvalue weighted by Crippen LogP contribution is -2.06. The summed E-state index contributed by atoms with van der Waals surface area (Å²) in [6, 6.07) is 7.98. The highest BCUT2D eigenvalue weighted by molar-refractivity contribution is 5.91. The predicted molar refractivity (Wildman–Crippen MR) is 71.1 cm³/mol. The topological polar surface area (TPSA) is 50.2 Å². The van der Waals surface area contributed by atoms with E-state index in [0.717, 1.165) is 16.5 Å². The van der Waals surface area contributed by atoms with Gasteiger partial charge in [0.15, 0.2) is 5.82 Å². The lowest BCUT2D eigenvalue weighted by molar-refractivity contribution is 0.873. The zero-order valence-corrected chi connectivity index (χ0v) is 10.3. The number of hydrazone groups is 1. The van der Waals surface area contributed by atoms with Gasteiger partial charge in [-0.1, -0.05) is 38.1 Å². The van der Waals surface area contributed by atoms with Crippen molar-refractivity contribution >= 4 is 22.3 Å². The Morgan fingerprint density at radius 1 is 1.29 bits per heavy atom. The molecule has 0 fully saturated rings. The van der Waals surface area contributed by atoms with Gasteiger partial charge >= 0.3 is 0 Å². The van der Waals surface area contributed by atoms with E-state index >= 15 is 0 Å². The summed E-state index contributed by atoms with van der Waals surface area (Å²) in [6.07, 6.45) is 1.75. The zero-order chi connectivity index (χ0) is 12.3. The van der Waals surface area contributed by atoms with Crippen LogP contribution in [0.25, 0.3) is 10.8 Å². The van der Waals surface area contributed by atoms with Gasteiger partial charge in [0.1, 0.15) is 0 Å². The lowest BCUT2D eigenvalue weighted by atomic mass is 10.1. The quantitative estimate of drug-likeness (QED) is 0.648. The van der Waals surface area contributed by atoms with Crippen LogP contribution in [-0.2, 0) is 0 Å². The smallest absolute Gasteiger partial charge is 0.176 e. The van der Waals surface area contributed by atoms with Crippen LogP contribution < -0.4 is 5.43 Å². The van der Waals surface area contributed by atoms with Crippen LogP contribution in [0.1, 0.15) is 20.8 Å². The minimum absolute atomic E-state index is 0.422. The van der Waals surface area contributed by atoms with E-state index in [1.165, 1.54) is 0 Å². The maximum Gasteiger partial charge on any atom is 0.176 e. The number of anilines is 1. The Labute approximate surface area is 101 Å². The molecule has 88 valence electrons. The highest BCUT2D eigenvalue weighted by Crippen LogP contribution is 2.19. The Balaban J connectivity index is 2.33. The molecule has 0 radical (unpaired) electrons. The number of aromatic nitrogens is 2. The van der Waals surface area contributed by atoms with Crippen molar-refractivity contribution in [1.82, 2.24) is 10.2 Å². The molecule has 2 rings (SSSR count). The van der Waals surface area contributed by atoms with E-state index in [4.69, 9.17) is 0 Å². The van der Waals surface area contributed by atoms with Crippen molar-refractivity contribution in [1.29, 1.82) is 0 Å². The second-order valence-corrected chi connectivity index (χ2v) is 4.30. The fraction of sp³-hybridized carbons (Fsp3) is 0.308. The summed E-state index contributed by atoms with van der Waals surface area (Å²) in [5.41, 5.74) is 4.02. The minimum Gasteiger partial charge on any atom is -0.259 e. The molecule has 1 aromatic carbocycles. The Bertz CT molecular complexity index is 541. The summed E-state index contributed by atoms with van der Waals surface area (Å²) in [6.45, 7) is 6.21. The number of nitrogens with zero attached hydrogens (tertiary/aromatic N) is 3. The molecular formula is C13H16N4. The largest absolute Gasteiger partial charge is 0.259 e. The SMILES string of the molecule is C/C(=N/Nc1nncc2ccccc12)C(C)C. The van der Waals surface area contributed by atoms with Gasteiger partial charge in [0.25, 0.3) is 0 Å². The van der Waals surface area contributed by atoms with Gasteiger partial charge < -0.3 is 0 Å². The molecule has 2 aromatic rings. The van der Waals surface area contributed by atoms with Crippen molar-refractivity contribution in [2.75, 3.05) is 5.43 Å². The normalized spacial score (nSPS) is 12.1. The van der Waals surface area contributed by atoms with E-state index in [0.29, 0.717) is 11.7 Å². The first kappa shape index (κ1) is 11.5. The molecule has 1 N–H and O–H groups in total. The van der Waals surface area contributed by atoms with Crippen LogP contribution in [0.4, 0.5) is 5.82 Å². The minimum atomic E-state index is 0.422. The van der Waals surface area contributed by atoms with Crippen LogP contribution >= 0.6 is 0 Å². The molecule has 0 saturated heterocycles. The Kier molecular flexibility index (Phi) is 3.32. The Morgan fingerprint density at radius 2 is 2.06 bits per heavy atom. The van der Waals surface area contributed by atoms with Crippen molar-refractivity contribution < 1.29 is 0 Å². The molecule has 1 heterocycles. The molecule has 0 aliphatic rings. The predicted octanol–water partition coefficient (Wildman–Crippen LogP) is 3.07. The second-order valence-electron chi connectivity index (χ2n) is 4.30. The molecule has 17 heavy (non-hydrogen) atoms. The Morgan fingerprint density at radius 3 is 2.82 bits per heavy atom. The lowest BCUT2D eigenvalue weighted by Gasteiger charge is -2.06. The van der Waals surface area contributed by atoms with Crippen LogP contribution in [0, 0.1) is 5.92 Å². The van der Waals surface area contributed by atoms with Crippen LogP contribution in [-0.4, -0.2) is 15.9 Å². The Hall–Kier alpha value is -1.97. The fourth-order valence-electron chi connectivity index (χ4n) is 1.38. The third-order valence-corrected chi connectivity index (χ3v) is 2.74. The summed E-state index contributed by atoms with van der Waals surface area (Å²) in [5, 5.41) is 14.4. The maximum atomic E-state index is 4.31. The summed E-state index contributed by atoms with van der Waals surface area (Å²) in [7, 11) is 0. The van der Waals surface area contributed by atoms with Gasteiger partial charge in [0, 0.05) is 16.5 Å². The summed E-state index contributed by atoms with van der Waals surface area (Å²) < 4.78 is 0. The van der Waals surface area contributed by atoms with Crippen LogP contribution in [0.15, 0.2) is 35.6 Å². The molecule has 0 saturated carbocycles. The monoisotopic (exact) mass is 228 g/mol. The van der Waals surface area contributed by atoms with Gasteiger partial charge in [-0.15, -0.1) is 5.10 Å². The number of hydrogen-bond acceptors (Lipinski definition) is 4. The average molecular weight is 228 g/mol. The first-order chi connectivity index (χ1) is 8.18. The van der Waals surface area contributed by atoms with Crippen molar-refractivity contribution in [2.45, 2.75) is 20.8 Å². The van der Waals surface area contributed by atoms with Crippen molar-refractivity contribution in [3.8, 4) is 0 Å². The maximum absolute atomic E-state index is 4.31. The standard InChI is InChI=1S/C13H16N4/c1-9(2)10(3)15-17-13-12-7-5-4-6-11(12)8-14-16-13/h4-9H,1-3H3,(H,16,17)/b15-10-. The highest BCUT2D eigenvalue weighted by atomic mass is 15.3. The molecule has 0 bridgehead atoms. The number of hydrogen-bond donors (Lipinski definition) is 1. The van der Waals surface area contributed by atoms with Gasteiger partial charge in [-0.25, -0.2) is 0 Å². The number of benzene rings is 1. The zero-order valence-electron chi connectivity index (χ0n) is 10.3. The first-order valence-electron chi connectivity index (χ1n) is 5.69. The molecule has 0 spiro atoms. The van der Waals surface area contributed by atoms with Crippen molar-refractivity contribution in [3.63, 3.8) is 0 Å². The number of nitrogens with one attached hydrogen (secondary N) is 1. The average Bonchev–Trinajstić information content (AvgIpc) is 2.35. The molecular weight excluding hydrogens is 212 g/mol. The van der Waals surface area contributed by atoms with E-state index < -0.39 is 0 Å². The summed E-state index contributed by atoms with van der Waals surface area (Å²) >= 11 is 0. The van der Waals surface area contributed by atoms with E-state index in [-0.39, 0.29) is 0 Å². The molecule has 0 amide bonds. The molecule has 0 atom stereocenters. The van der Waals surface area contributed by atoms with Gasteiger partial charge in [0.05, 0.1) is 6.20 Å².